The Morgan fingerprint density at radius 2 is 2.12 bits per heavy atom. The number of fused-ring (bicyclic) bond motifs is 3. The zero-order valence-electron chi connectivity index (χ0n) is 9.24. The molecule has 3 rings (SSSR count). The van der Waals surface area contributed by atoms with E-state index < -0.39 is 0 Å². The topological polar surface area (TPSA) is 63.8 Å². The van der Waals surface area contributed by atoms with E-state index in [9.17, 15) is 0 Å². The second kappa shape index (κ2) is 4.10. The number of aliphatic hydroxyl groups excluding tert-OH is 1. The lowest BCUT2D eigenvalue weighted by molar-refractivity contribution is 0.280. The highest BCUT2D eigenvalue weighted by molar-refractivity contribution is 5.99. The van der Waals surface area contributed by atoms with E-state index >= 15 is 0 Å². The van der Waals surface area contributed by atoms with Crippen LogP contribution in [0.5, 0.6) is 0 Å². The van der Waals surface area contributed by atoms with Gasteiger partial charge in [0.15, 0.2) is 0 Å². The lowest BCUT2D eigenvalue weighted by atomic mass is 10.3. The minimum atomic E-state index is 0.177. The van der Waals surface area contributed by atoms with Gasteiger partial charge in [0.05, 0.1) is 23.6 Å². The summed E-state index contributed by atoms with van der Waals surface area (Å²) >= 11 is 0. The van der Waals surface area contributed by atoms with Crippen molar-refractivity contribution < 1.29 is 5.11 Å². The molecule has 0 aliphatic heterocycles. The Balaban J connectivity index is 2.27. The van der Waals surface area contributed by atoms with Gasteiger partial charge in [0.1, 0.15) is 11.0 Å². The largest absolute Gasteiger partial charge is 0.396 e. The van der Waals surface area contributed by atoms with Gasteiger partial charge in [-0.15, -0.1) is 0 Å². The number of rotatable bonds is 3. The molecule has 0 radical (unpaired) electrons. The van der Waals surface area contributed by atoms with Crippen LogP contribution < -0.4 is 0 Å². The molecule has 0 atom stereocenters. The predicted octanol–water partition coefficient (Wildman–Crippen LogP) is 1.36. The van der Waals surface area contributed by atoms with Gasteiger partial charge >= 0.3 is 0 Å². The third-order valence-electron chi connectivity index (χ3n) is 2.76. The van der Waals surface area contributed by atoms with Crippen molar-refractivity contribution in [1.82, 2.24) is 19.5 Å². The average Bonchev–Trinajstić information content (AvgIpc) is 2.80. The van der Waals surface area contributed by atoms with Crippen molar-refractivity contribution in [2.24, 2.45) is 0 Å². The first kappa shape index (κ1) is 10.2. The Bertz CT molecular complexity index is 662. The molecule has 0 spiro atoms. The van der Waals surface area contributed by atoms with Crippen LogP contribution in [-0.2, 0) is 6.54 Å². The zero-order chi connectivity index (χ0) is 11.7. The van der Waals surface area contributed by atoms with Crippen LogP contribution in [0.3, 0.4) is 0 Å². The lowest BCUT2D eigenvalue weighted by Gasteiger charge is -2.04. The second-order valence-electron chi connectivity index (χ2n) is 3.88. The van der Waals surface area contributed by atoms with Crippen molar-refractivity contribution in [2.75, 3.05) is 6.61 Å². The molecule has 0 fully saturated rings. The molecular formula is C12H12N4O. The third-order valence-corrected chi connectivity index (χ3v) is 2.76. The molecule has 0 amide bonds. The van der Waals surface area contributed by atoms with Crippen LogP contribution in [0.4, 0.5) is 0 Å². The van der Waals surface area contributed by atoms with Gasteiger partial charge in [-0.3, -0.25) is 9.97 Å². The van der Waals surface area contributed by atoms with Crippen molar-refractivity contribution in [1.29, 1.82) is 0 Å². The summed E-state index contributed by atoms with van der Waals surface area (Å²) in [6, 6.07) is 3.81. The van der Waals surface area contributed by atoms with E-state index in [0.29, 0.717) is 6.42 Å². The fourth-order valence-electron chi connectivity index (χ4n) is 1.97. The molecular weight excluding hydrogens is 216 g/mol. The Kier molecular flexibility index (Phi) is 2.45. The van der Waals surface area contributed by atoms with Gasteiger partial charge in [0.2, 0.25) is 0 Å². The summed E-state index contributed by atoms with van der Waals surface area (Å²) in [6.45, 7) is 0.915. The molecule has 86 valence electrons. The monoisotopic (exact) mass is 228 g/mol. The highest BCUT2D eigenvalue weighted by atomic mass is 16.3. The molecule has 5 heteroatoms. The van der Waals surface area contributed by atoms with E-state index in [1.807, 2.05) is 16.7 Å². The number of nitrogens with zero attached hydrogens (tertiary/aromatic N) is 4. The Labute approximate surface area is 97.8 Å². The molecule has 3 heterocycles. The maximum atomic E-state index is 8.89. The summed E-state index contributed by atoms with van der Waals surface area (Å²) in [6.07, 6.45) is 6.00. The van der Waals surface area contributed by atoms with Crippen LogP contribution in [0.25, 0.3) is 22.1 Å². The van der Waals surface area contributed by atoms with E-state index in [4.69, 9.17) is 5.11 Å². The van der Waals surface area contributed by atoms with Gasteiger partial charge < -0.3 is 9.67 Å². The number of imidazole rings is 1. The van der Waals surface area contributed by atoms with Gasteiger partial charge in [0.25, 0.3) is 0 Å². The quantitative estimate of drug-likeness (QED) is 0.735. The average molecular weight is 228 g/mol. The number of aryl methyl sites for hydroxylation is 1. The summed E-state index contributed by atoms with van der Waals surface area (Å²) in [5, 5.41) is 8.89. The SMILES string of the molecule is OCCCn1cnc2cnc3cccnc3c21. The molecule has 3 aromatic heterocycles. The number of hydrogen-bond acceptors (Lipinski definition) is 4. The van der Waals surface area contributed by atoms with Crippen LogP contribution in [0.2, 0.25) is 0 Å². The predicted molar refractivity (Wildman–Crippen MR) is 64.5 cm³/mol. The summed E-state index contributed by atoms with van der Waals surface area (Å²) < 4.78 is 2.02. The molecule has 0 aliphatic carbocycles. The standard InChI is InChI=1S/C12H12N4O/c17-6-2-5-16-8-15-10-7-14-9-3-1-4-13-11(9)12(10)16/h1,3-4,7-8,17H,2,5-6H2. The first-order valence-electron chi connectivity index (χ1n) is 5.55. The van der Waals surface area contributed by atoms with Crippen molar-refractivity contribution in [3.8, 4) is 0 Å². The van der Waals surface area contributed by atoms with E-state index in [-0.39, 0.29) is 6.61 Å². The van der Waals surface area contributed by atoms with E-state index in [1.54, 1.807) is 18.7 Å². The Morgan fingerprint density at radius 3 is 3.00 bits per heavy atom. The third kappa shape index (κ3) is 1.64. The van der Waals surface area contributed by atoms with Crippen LogP contribution in [0.15, 0.2) is 30.9 Å². The summed E-state index contributed by atoms with van der Waals surface area (Å²) in [5.41, 5.74) is 3.56. The molecule has 0 aromatic carbocycles. The normalized spacial score (nSPS) is 11.4. The van der Waals surface area contributed by atoms with Crippen LogP contribution in [-0.4, -0.2) is 31.2 Å². The molecule has 0 bridgehead atoms. The number of aliphatic hydroxyl groups is 1. The summed E-state index contributed by atoms with van der Waals surface area (Å²) in [5.74, 6) is 0. The first-order chi connectivity index (χ1) is 8.40. The smallest absolute Gasteiger partial charge is 0.115 e. The summed E-state index contributed by atoms with van der Waals surface area (Å²) in [7, 11) is 0. The Hall–Kier alpha value is -2.01. The maximum Gasteiger partial charge on any atom is 0.115 e. The molecule has 17 heavy (non-hydrogen) atoms. The summed E-state index contributed by atoms with van der Waals surface area (Å²) in [4.78, 5) is 13.0. The van der Waals surface area contributed by atoms with Crippen molar-refractivity contribution in [3.63, 3.8) is 0 Å². The maximum absolute atomic E-state index is 8.89. The molecule has 0 saturated carbocycles. The second-order valence-corrected chi connectivity index (χ2v) is 3.88. The lowest BCUT2D eigenvalue weighted by Crippen LogP contribution is -1.99. The Morgan fingerprint density at radius 1 is 1.18 bits per heavy atom. The van der Waals surface area contributed by atoms with Crippen LogP contribution in [0, 0.1) is 0 Å². The van der Waals surface area contributed by atoms with Crippen LogP contribution in [0.1, 0.15) is 6.42 Å². The molecule has 0 saturated heterocycles. The number of aromatic nitrogens is 4. The first-order valence-corrected chi connectivity index (χ1v) is 5.55. The fraction of sp³-hybridized carbons (Fsp3) is 0.250. The number of pyridine rings is 2. The van der Waals surface area contributed by atoms with Crippen molar-refractivity contribution >= 4 is 22.1 Å². The minimum Gasteiger partial charge on any atom is -0.396 e. The van der Waals surface area contributed by atoms with E-state index in [1.165, 1.54) is 0 Å². The highest BCUT2D eigenvalue weighted by Gasteiger charge is 2.08. The van der Waals surface area contributed by atoms with Crippen molar-refractivity contribution in [3.05, 3.63) is 30.9 Å². The molecule has 1 N–H and O–H groups in total. The van der Waals surface area contributed by atoms with Gasteiger partial charge in [0, 0.05) is 19.3 Å². The fourth-order valence-corrected chi connectivity index (χ4v) is 1.97. The number of hydrogen-bond donors (Lipinski definition) is 1. The van der Waals surface area contributed by atoms with E-state index in [2.05, 4.69) is 15.0 Å². The highest BCUT2D eigenvalue weighted by Crippen LogP contribution is 2.20. The van der Waals surface area contributed by atoms with Gasteiger partial charge in [-0.2, -0.15) is 0 Å². The minimum absolute atomic E-state index is 0.177. The molecule has 0 aliphatic rings. The van der Waals surface area contributed by atoms with Gasteiger partial charge in [-0.1, -0.05) is 0 Å². The van der Waals surface area contributed by atoms with Crippen molar-refractivity contribution in [2.45, 2.75) is 13.0 Å². The zero-order valence-corrected chi connectivity index (χ0v) is 9.24. The van der Waals surface area contributed by atoms with Crippen LogP contribution >= 0.6 is 0 Å². The molecule has 3 aromatic rings. The van der Waals surface area contributed by atoms with Gasteiger partial charge in [-0.25, -0.2) is 4.98 Å². The molecule has 5 nitrogen and oxygen atoms in total. The van der Waals surface area contributed by atoms with Gasteiger partial charge in [-0.05, 0) is 18.6 Å². The van der Waals surface area contributed by atoms with E-state index in [0.717, 1.165) is 28.6 Å². The molecule has 0 unspecified atom stereocenters.